The van der Waals surface area contributed by atoms with E-state index in [9.17, 15) is 9.59 Å². The van der Waals surface area contributed by atoms with Crippen LogP contribution in [0.4, 0.5) is 0 Å². The van der Waals surface area contributed by atoms with Crippen LogP contribution >= 0.6 is 0 Å². The van der Waals surface area contributed by atoms with E-state index in [2.05, 4.69) is 11.7 Å². The Bertz CT molecular complexity index is 727. The van der Waals surface area contributed by atoms with Crippen LogP contribution in [-0.2, 0) is 4.74 Å². The van der Waals surface area contributed by atoms with Crippen molar-refractivity contribution < 1.29 is 14.3 Å². The molecule has 0 saturated carbocycles. The Balaban J connectivity index is 2.53. The highest BCUT2D eigenvalue weighted by molar-refractivity contribution is 6.03. The van der Waals surface area contributed by atoms with Gasteiger partial charge in [0.1, 0.15) is 17.9 Å². The molecule has 0 spiro atoms. The van der Waals surface area contributed by atoms with E-state index >= 15 is 0 Å². The normalized spacial score (nSPS) is 10.3. The maximum atomic E-state index is 12.0. The van der Waals surface area contributed by atoms with Gasteiger partial charge in [0.15, 0.2) is 0 Å². The molecule has 2 aromatic rings. The topological polar surface area (TPSA) is 87.2 Å². The molecule has 2 N–H and O–H groups in total. The minimum absolute atomic E-state index is 0.000868. The molecule has 1 heterocycles. The smallest absolute Gasteiger partial charge is 0.342 e. The van der Waals surface area contributed by atoms with Crippen LogP contribution in [0.3, 0.4) is 0 Å². The first-order chi connectivity index (χ1) is 10.4. The summed E-state index contributed by atoms with van der Waals surface area (Å²) in [6.45, 7) is 7.38. The Kier molecular flexibility index (Phi) is 4.41. The number of rotatable bonds is 5. The number of amides is 1. The van der Waals surface area contributed by atoms with E-state index in [1.54, 1.807) is 0 Å². The standard InChI is InChI=1S/C16H17N3O3/c1-4-5-22-16(21)13-9-18-19(14(13)15(17)20)12-7-10(2)6-11(3)8-12/h4,6-9H,1,5H2,2-3H3,(H2,17,20). The molecule has 0 atom stereocenters. The molecule has 2 rings (SSSR count). The number of aromatic nitrogens is 2. The van der Waals surface area contributed by atoms with Crippen LogP contribution in [0, 0.1) is 13.8 Å². The quantitative estimate of drug-likeness (QED) is 0.675. The van der Waals surface area contributed by atoms with Crippen molar-refractivity contribution in [2.75, 3.05) is 6.61 Å². The molecule has 114 valence electrons. The van der Waals surface area contributed by atoms with Gasteiger partial charge in [0, 0.05) is 0 Å². The summed E-state index contributed by atoms with van der Waals surface area (Å²) in [5.41, 5.74) is 8.13. The number of ether oxygens (including phenoxy) is 1. The van der Waals surface area contributed by atoms with Gasteiger partial charge in [-0.15, -0.1) is 0 Å². The second-order valence-electron chi connectivity index (χ2n) is 4.92. The van der Waals surface area contributed by atoms with Crippen LogP contribution < -0.4 is 5.73 Å². The second kappa shape index (κ2) is 6.26. The Morgan fingerprint density at radius 2 is 1.95 bits per heavy atom. The van der Waals surface area contributed by atoms with E-state index in [1.807, 2.05) is 32.0 Å². The Labute approximate surface area is 128 Å². The number of carbonyl (C=O) groups is 2. The third-order valence-electron chi connectivity index (χ3n) is 3.01. The van der Waals surface area contributed by atoms with Gasteiger partial charge in [-0.2, -0.15) is 5.10 Å². The van der Waals surface area contributed by atoms with E-state index in [-0.39, 0.29) is 17.9 Å². The lowest BCUT2D eigenvalue weighted by Gasteiger charge is -2.08. The summed E-state index contributed by atoms with van der Waals surface area (Å²) in [5, 5.41) is 4.11. The number of hydrogen-bond acceptors (Lipinski definition) is 4. The Morgan fingerprint density at radius 1 is 1.32 bits per heavy atom. The van der Waals surface area contributed by atoms with Gasteiger partial charge in [-0.3, -0.25) is 4.79 Å². The fourth-order valence-electron chi connectivity index (χ4n) is 2.22. The zero-order valence-corrected chi connectivity index (χ0v) is 12.5. The summed E-state index contributed by atoms with van der Waals surface area (Å²) >= 11 is 0. The van der Waals surface area contributed by atoms with Crippen LogP contribution in [0.5, 0.6) is 0 Å². The van der Waals surface area contributed by atoms with Crippen molar-refractivity contribution in [3.05, 3.63) is 59.4 Å². The molecular weight excluding hydrogens is 282 g/mol. The van der Waals surface area contributed by atoms with Gasteiger partial charge in [-0.25, -0.2) is 9.48 Å². The molecule has 1 aromatic carbocycles. The number of benzene rings is 1. The minimum atomic E-state index is -0.748. The number of primary amides is 1. The van der Waals surface area contributed by atoms with Crippen molar-refractivity contribution in [1.29, 1.82) is 0 Å². The van der Waals surface area contributed by atoms with Gasteiger partial charge in [-0.05, 0) is 37.1 Å². The minimum Gasteiger partial charge on any atom is -0.458 e. The van der Waals surface area contributed by atoms with Crippen molar-refractivity contribution in [2.45, 2.75) is 13.8 Å². The molecule has 0 aliphatic heterocycles. The monoisotopic (exact) mass is 299 g/mol. The van der Waals surface area contributed by atoms with Gasteiger partial charge < -0.3 is 10.5 Å². The predicted molar refractivity (Wildman–Crippen MR) is 82.0 cm³/mol. The van der Waals surface area contributed by atoms with E-state index in [0.717, 1.165) is 11.1 Å². The van der Waals surface area contributed by atoms with Crippen LogP contribution in [0.2, 0.25) is 0 Å². The first kappa shape index (κ1) is 15.5. The van der Waals surface area contributed by atoms with E-state index in [4.69, 9.17) is 10.5 Å². The third-order valence-corrected chi connectivity index (χ3v) is 3.01. The number of aryl methyl sites for hydroxylation is 2. The molecule has 0 aliphatic carbocycles. The van der Waals surface area contributed by atoms with E-state index in [0.29, 0.717) is 5.69 Å². The second-order valence-corrected chi connectivity index (χ2v) is 4.92. The highest BCUT2D eigenvalue weighted by Crippen LogP contribution is 2.18. The first-order valence-corrected chi connectivity index (χ1v) is 6.68. The highest BCUT2D eigenvalue weighted by atomic mass is 16.5. The van der Waals surface area contributed by atoms with Gasteiger partial charge in [0.2, 0.25) is 0 Å². The molecule has 0 radical (unpaired) electrons. The molecule has 0 saturated heterocycles. The number of nitrogens with two attached hydrogens (primary N) is 1. The number of carbonyl (C=O) groups excluding carboxylic acids is 2. The van der Waals surface area contributed by atoms with Crippen molar-refractivity contribution in [1.82, 2.24) is 9.78 Å². The van der Waals surface area contributed by atoms with Crippen molar-refractivity contribution in [2.24, 2.45) is 5.73 Å². The predicted octanol–water partition coefficient (Wildman–Crippen LogP) is 1.93. The lowest BCUT2D eigenvalue weighted by molar-refractivity contribution is 0.0546. The lowest BCUT2D eigenvalue weighted by atomic mass is 10.1. The highest BCUT2D eigenvalue weighted by Gasteiger charge is 2.23. The summed E-state index contributed by atoms with van der Waals surface area (Å²) < 4.78 is 6.30. The first-order valence-electron chi connectivity index (χ1n) is 6.68. The zero-order chi connectivity index (χ0) is 16.3. The summed E-state index contributed by atoms with van der Waals surface area (Å²) in [4.78, 5) is 23.7. The summed E-state index contributed by atoms with van der Waals surface area (Å²) in [7, 11) is 0. The van der Waals surface area contributed by atoms with Crippen LogP contribution in [-0.4, -0.2) is 28.3 Å². The average Bonchev–Trinajstić information content (AvgIpc) is 2.88. The molecular formula is C16H17N3O3. The SMILES string of the molecule is C=CCOC(=O)c1cnn(-c2cc(C)cc(C)c2)c1C(N)=O. The molecule has 1 amide bonds. The molecule has 0 fully saturated rings. The molecule has 6 nitrogen and oxygen atoms in total. The van der Waals surface area contributed by atoms with Crippen LogP contribution in [0.15, 0.2) is 37.1 Å². The maximum absolute atomic E-state index is 12.0. The fourth-order valence-corrected chi connectivity index (χ4v) is 2.22. The molecule has 22 heavy (non-hydrogen) atoms. The maximum Gasteiger partial charge on any atom is 0.342 e. The number of esters is 1. The Hall–Kier alpha value is -2.89. The van der Waals surface area contributed by atoms with Crippen molar-refractivity contribution in [3.63, 3.8) is 0 Å². The van der Waals surface area contributed by atoms with E-state index < -0.39 is 11.9 Å². The van der Waals surface area contributed by atoms with Crippen LogP contribution in [0.25, 0.3) is 5.69 Å². The van der Waals surface area contributed by atoms with Gasteiger partial charge in [-0.1, -0.05) is 18.7 Å². The average molecular weight is 299 g/mol. The van der Waals surface area contributed by atoms with Crippen molar-refractivity contribution >= 4 is 11.9 Å². The lowest BCUT2D eigenvalue weighted by Crippen LogP contribution is -2.21. The summed E-state index contributed by atoms with van der Waals surface area (Å²) in [6.07, 6.45) is 2.72. The van der Waals surface area contributed by atoms with Gasteiger partial charge >= 0.3 is 5.97 Å². The van der Waals surface area contributed by atoms with Gasteiger partial charge in [0.25, 0.3) is 5.91 Å². The number of hydrogen-bond donors (Lipinski definition) is 1. The number of nitrogens with zero attached hydrogens (tertiary/aromatic N) is 2. The molecule has 0 aliphatic rings. The van der Waals surface area contributed by atoms with Crippen molar-refractivity contribution in [3.8, 4) is 5.69 Å². The third kappa shape index (κ3) is 3.06. The molecule has 1 aromatic heterocycles. The van der Waals surface area contributed by atoms with E-state index in [1.165, 1.54) is 17.0 Å². The molecule has 0 bridgehead atoms. The molecule has 6 heteroatoms. The Morgan fingerprint density at radius 3 is 2.50 bits per heavy atom. The summed E-state index contributed by atoms with van der Waals surface area (Å²) in [6, 6.07) is 5.70. The van der Waals surface area contributed by atoms with Crippen LogP contribution in [0.1, 0.15) is 32.0 Å². The largest absolute Gasteiger partial charge is 0.458 e. The zero-order valence-electron chi connectivity index (χ0n) is 12.5. The summed E-state index contributed by atoms with van der Waals surface area (Å²) in [5.74, 6) is -1.41. The van der Waals surface area contributed by atoms with Gasteiger partial charge in [0.05, 0.1) is 11.9 Å². The molecule has 0 unspecified atom stereocenters. The fraction of sp³-hybridized carbons (Fsp3) is 0.188.